The van der Waals surface area contributed by atoms with Crippen LogP contribution in [0, 0.1) is 6.92 Å². The summed E-state index contributed by atoms with van der Waals surface area (Å²) in [4.78, 5) is 11.8. The van der Waals surface area contributed by atoms with Gasteiger partial charge in [-0.15, -0.1) is 0 Å². The lowest BCUT2D eigenvalue weighted by atomic mass is 10.00. The number of rotatable bonds is 3. The van der Waals surface area contributed by atoms with Crippen molar-refractivity contribution >= 4 is 5.97 Å². The molecule has 0 unspecified atom stereocenters. The highest BCUT2D eigenvalue weighted by Gasteiger charge is 2.27. The van der Waals surface area contributed by atoms with E-state index in [1.807, 2.05) is 13.8 Å². The predicted octanol–water partition coefficient (Wildman–Crippen LogP) is 0.972. The molecule has 1 aromatic heterocycles. The van der Waals surface area contributed by atoms with Gasteiger partial charge in [-0.1, -0.05) is 0 Å². The molecule has 5 heteroatoms. The third-order valence-electron chi connectivity index (χ3n) is 2.90. The lowest BCUT2D eigenvalue weighted by Gasteiger charge is -2.08. The Morgan fingerprint density at radius 2 is 2.44 bits per heavy atom. The normalized spacial score (nSPS) is 20.0. The summed E-state index contributed by atoms with van der Waals surface area (Å²) in [7, 11) is 0. The summed E-state index contributed by atoms with van der Waals surface area (Å²) in [6.07, 6.45) is 1.02. The van der Waals surface area contributed by atoms with Crippen molar-refractivity contribution < 1.29 is 9.53 Å². The lowest BCUT2D eigenvalue weighted by Crippen LogP contribution is -2.13. The van der Waals surface area contributed by atoms with Crippen LogP contribution < -0.4 is 5.32 Å². The van der Waals surface area contributed by atoms with Gasteiger partial charge < -0.3 is 10.1 Å². The molecule has 2 rings (SSSR count). The lowest BCUT2D eigenvalue weighted by molar-refractivity contribution is 0.0524. The molecule has 0 aliphatic carbocycles. The van der Waals surface area contributed by atoms with Crippen molar-refractivity contribution in [1.82, 2.24) is 15.5 Å². The molecular weight excluding hydrogens is 206 g/mol. The van der Waals surface area contributed by atoms with Crippen LogP contribution in [0.15, 0.2) is 0 Å². The van der Waals surface area contributed by atoms with Gasteiger partial charge in [-0.3, -0.25) is 5.10 Å². The first kappa shape index (κ1) is 11.1. The van der Waals surface area contributed by atoms with Gasteiger partial charge in [0.2, 0.25) is 0 Å². The number of esters is 1. The number of hydrogen-bond donors (Lipinski definition) is 2. The molecule has 0 saturated carbocycles. The summed E-state index contributed by atoms with van der Waals surface area (Å²) >= 11 is 0. The number of ether oxygens (including phenoxy) is 1. The number of nitrogens with zero attached hydrogens (tertiary/aromatic N) is 1. The molecule has 0 spiro atoms. The summed E-state index contributed by atoms with van der Waals surface area (Å²) < 4.78 is 5.05. The van der Waals surface area contributed by atoms with Gasteiger partial charge in [0.1, 0.15) is 5.56 Å². The summed E-state index contributed by atoms with van der Waals surface area (Å²) in [6, 6.07) is 0. The molecule has 1 atom stereocenters. The van der Waals surface area contributed by atoms with Crippen molar-refractivity contribution in [2.75, 3.05) is 19.7 Å². The van der Waals surface area contributed by atoms with Crippen molar-refractivity contribution in [1.29, 1.82) is 0 Å². The van der Waals surface area contributed by atoms with E-state index in [1.165, 1.54) is 0 Å². The highest BCUT2D eigenvalue weighted by Crippen LogP contribution is 2.25. The van der Waals surface area contributed by atoms with E-state index in [9.17, 15) is 4.79 Å². The molecule has 1 aliphatic rings. The van der Waals surface area contributed by atoms with Gasteiger partial charge in [0.25, 0.3) is 0 Å². The van der Waals surface area contributed by atoms with Crippen LogP contribution in [0.4, 0.5) is 0 Å². The number of hydrogen-bond acceptors (Lipinski definition) is 4. The average molecular weight is 223 g/mol. The third-order valence-corrected chi connectivity index (χ3v) is 2.90. The van der Waals surface area contributed by atoms with Crippen molar-refractivity contribution in [2.45, 2.75) is 26.2 Å². The minimum Gasteiger partial charge on any atom is -0.462 e. The van der Waals surface area contributed by atoms with Crippen LogP contribution in [0.25, 0.3) is 0 Å². The van der Waals surface area contributed by atoms with Crippen LogP contribution in [0.1, 0.15) is 41.0 Å². The quantitative estimate of drug-likeness (QED) is 0.749. The number of aromatic amines is 1. The van der Waals surface area contributed by atoms with Crippen molar-refractivity contribution in [3.63, 3.8) is 0 Å². The van der Waals surface area contributed by atoms with E-state index in [0.29, 0.717) is 18.1 Å². The highest BCUT2D eigenvalue weighted by molar-refractivity contribution is 5.92. The molecule has 0 amide bonds. The van der Waals surface area contributed by atoms with Gasteiger partial charge in [0.05, 0.1) is 12.3 Å². The number of nitrogens with one attached hydrogen (secondary N) is 2. The van der Waals surface area contributed by atoms with E-state index in [1.54, 1.807) is 0 Å². The minimum atomic E-state index is -0.268. The molecule has 1 aromatic rings. The molecule has 5 nitrogen and oxygen atoms in total. The van der Waals surface area contributed by atoms with Crippen LogP contribution in [0.3, 0.4) is 0 Å². The van der Waals surface area contributed by atoms with E-state index in [-0.39, 0.29) is 5.97 Å². The fraction of sp³-hybridized carbons (Fsp3) is 0.636. The van der Waals surface area contributed by atoms with Crippen LogP contribution in [-0.2, 0) is 4.74 Å². The molecular formula is C11H17N3O2. The second-order valence-electron chi connectivity index (χ2n) is 4.02. The first-order valence-corrected chi connectivity index (χ1v) is 5.66. The monoisotopic (exact) mass is 223 g/mol. The maximum Gasteiger partial charge on any atom is 0.341 e. The SMILES string of the molecule is CCOC(=O)c1c([C@H]2CCNC2)n[nH]c1C. The van der Waals surface area contributed by atoms with E-state index in [4.69, 9.17) is 4.74 Å². The Morgan fingerprint density at radius 3 is 3.06 bits per heavy atom. The molecule has 1 fully saturated rings. The van der Waals surface area contributed by atoms with Crippen molar-refractivity contribution in [3.8, 4) is 0 Å². The summed E-state index contributed by atoms with van der Waals surface area (Å²) in [5.41, 5.74) is 2.26. The van der Waals surface area contributed by atoms with Crippen LogP contribution in [0.2, 0.25) is 0 Å². The Bertz CT molecular complexity index is 381. The van der Waals surface area contributed by atoms with Crippen LogP contribution >= 0.6 is 0 Å². The van der Waals surface area contributed by atoms with Gasteiger partial charge in [-0.25, -0.2) is 4.79 Å². The van der Waals surface area contributed by atoms with Crippen LogP contribution in [0.5, 0.6) is 0 Å². The Labute approximate surface area is 94.6 Å². The van der Waals surface area contributed by atoms with E-state index in [0.717, 1.165) is 30.9 Å². The second kappa shape index (κ2) is 4.65. The molecule has 88 valence electrons. The van der Waals surface area contributed by atoms with Gasteiger partial charge in [0.15, 0.2) is 0 Å². The molecule has 0 radical (unpaired) electrons. The van der Waals surface area contributed by atoms with Gasteiger partial charge in [-0.05, 0) is 26.8 Å². The highest BCUT2D eigenvalue weighted by atomic mass is 16.5. The van der Waals surface area contributed by atoms with Gasteiger partial charge >= 0.3 is 5.97 Å². The zero-order valence-corrected chi connectivity index (χ0v) is 9.67. The van der Waals surface area contributed by atoms with E-state index in [2.05, 4.69) is 15.5 Å². The molecule has 1 aliphatic heterocycles. The number of aromatic nitrogens is 2. The summed E-state index contributed by atoms with van der Waals surface area (Å²) in [6.45, 7) is 5.93. The topological polar surface area (TPSA) is 67.0 Å². The second-order valence-corrected chi connectivity index (χ2v) is 4.02. The van der Waals surface area contributed by atoms with E-state index < -0.39 is 0 Å². The number of carbonyl (C=O) groups excluding carboxylic acids is 1. The maximum atomic E-state index is 11.8. The number of carbonyl (C=O) groups is 1. The predicted molar refractivity (Wildman–Crippen MR) is 59.5 cm³/mol. The van der Waals surface area contributed by atoms with Gasteiger partial charge in [-0.2, -0.15) is 5.10 Å². The molecule has 2 heterocycles. The fourth-order valence-electron chi connectivity index (χ4n) is 2.09. The molecule has 0 bridgehead atoms. The number of aryl methyl sites for hydroxylation is 1. The summed E-state index contributed by atoms with van der Waals surface area (Å²) in [5.74, 6) is 0.0556. The Balaban J connectivity index is 2.27. The first-order chi connectivity index (χ1) is 7.74. The van der Waals surface area contributed by atoms with E-state index >= 15 is 0 Å². The van der Waals surface area contributed by atoms with Gasteiger partial charge in [0, 0.05) is 18.2 Å². The first-order valence-electron chi connectivity index (χ1n) is 5.66. The number of H-pyrrole nitrogens is 1. The third kappa shape index (κ3) is 1.95. The molecule has 1 saturated heterocycles. The molecule has 16 heavy (non-hydrogen) atoms. The van der Waals surface area contributed by atoms with Crippen molar-refractivity contribution in [2.24, 2.45) is 0 Å². The fourth-order valence-corrected chi connectivity index (χ4v) is 2.09. The smallest absolute Gasteiger partial charge is 0.341 e. The maximum absolute atomic E-state index is 11.8. The van der Waals surface area contributed by atoms with Crippen molar-refractivity contribution in [3.05, 3.63) is 17.0 Å². The zero-order chi connectivity index (χ0) is 11.5. The Hall–Kier alpha value is -1.36. The van der Waals surface area contributed by atoms with Crippen LogP contribution in [-0.4, -0.2) is 35.9 Å². The zero-order valence-electron chi connectivity index (χ0n) is 9.67. The average Bonchev–Trinajstić information content (AvgIpc) is 2.86. The Kier molecular flexibility index (Phi) is 3.24. The Morgan fingerprint density at radius 1 is 1.62 bits per heavy atom. The summed E-state index contributed by atoms with van der Waals surface area (Å²) in [5, 5.41) is 10.4. The largest absolute Gasteiger partial charge is 0.462 e. The molecule has 0 aromatic carbocycles. The standard InChI is InChI=1S/C11H17N3O2/c1-3-16-11(15)9-7(2)13-14-10(9)8-4-5-12-6-8/h8,12H,3-6H2,1-2H3,(H,13,14)/t8-/m0/s1. The molecule has 2 N–H and O–H groups in total. The minimum absolute atomic E-state index is 0.268.